The lowest BCUT2D eigenvalue weighted by Crippen LogP contribution is -2.37. The highest BCUT2D eigenvalue weighted by molar-refractivity contribution is 9.10. The van der Waals surface area contributed by atoms with Gasteiger partial charge in [-0.3, -0.25) is 4.79 Å². The molecule has 0 saturated carbocycles. The lowest BCUT2D eigenvalue weighted by atomic mass is 9.94. The maximum atomic E-state index is 12.5. The molecule has 20 heavy (non-hydrogen) atoms. The van der Waals surface area contributed by atoms with E-state index in [-0.39, 0.29) is 5.78 Å². The molecule has 0 amide bonds. The predicted octanol–water partition coefficient (Wildman–Crippen LogP) is 4.39. The molecule has 104 valence electrons. The Morgan fingerprint density at radius 2 is 2.20 bits per heavy atom. The van der Waals surface area contributed by atoms with E-state index in [1.54, 1.807) is 0 Å². The summed E-state index contributed by atoms with van der Waals surface area (Å²) in [5.41, 5.74) is 2.57. The van der Waals surface area contributed by atoms with E-state index in [4.69, 9.17) is 0 Å². The van der Waals surface area contributed by atoms with E-state index in [9.17, 15) is 4.79 Å². The van der Waals surface area contributed by atoms with E-state index in [1.165, 1.54) is 22.6 Å². The van der Waals surface area contributed by atoms with Crippen molar-refractivity contribution in [3.63, 3.8) is 0 Å². The summed E-state index contributed by atoms with van der Waals surface area (Å²) in [6.07, 6.45) is 1.10. The maximum Gasteiger partial charge on any atom is 0.193 e. The SMILES string of the molecule is CC1Cc2ccccc2N(CC(=O)c2sccc2Br)C1. The van der Waals surface area contributed by atoms with Gasteiger partial charge in [0.1, 0.15) is 0 Å². The van der Waals surface area contributed by atoms with Gasteiger partial charge in [-0.05, 0) is 51.3 Å². The maximum absolute atomic E-state index is 12.5. The highest BCUT2D eigenvalue weighted by Crippen LogP contribution is 2.30. The summed E-state index contributed by atoms with van der Waals surface area (Å²) in [5, 5.41) is 1.95. The molecule has 4 heteroatoms. The Bertz CT molecular complexity index is 637. The van der Waals surface area contributed by atoms with Crippen molar-refractivity contribution in [2.75, 3.05) is 18.0 Å². The van der Waals surface area contributed by atoms with E-state index < -0.39 is 0 Å². The average molecular weight is 350 g/mol. The first-order valence-electron chi connectivity index (χ1n) is 6.74. The van der Waals surface area contributed by atoms with Crippen molar-refractivity contribution in [2.45, 2.75) is 13.3 Å². The van der Waals surface area contributed by atoms with Gasteiger partial charge < -0.3 is 4.90 Å². The average Bonchev–Trinajstić information content (AvgIpc) is 2.85. The second-order valence-corrected chi connectivity index (χ2v) is 7.11. The Labute approximate surface area is 131 Å². The normalized spacial score (nSPS) is 17.9. The number of fused-ring (bicyclic) bond motifs is 1. The van der Waals surface area contributed by atoms with Crippen molar-refractivity contribution < 1.29 is 4.79 Å². The van der Waals surface area contributed by atoms with Crippen molar-refractivity contribution in [1.29, 1.82) is 0 Å². The second-order valence-electron chi connectivity index (χ2n) is 5.34. The number of ketones is 1. The zero-order valence-corrected chi connectivity index (χ0v) is 13.7. The molecule has 0 spiro atoms. The molecule has 0 radical (unpaired) electrons. The van der Waals surface area contributed by atoms with Crippen LogP contribution in [0.15, 0.2) is 40.2 Å². The minimum Gasteiger partial charge on any atom is -0.363 e. The third-order valence-corrected chi connectivity index (χ3v) is 5.52. The van der Waals surface area contributed by atoms with Crippen molar-refractivity contribution in [2.24, 2.45) is 5.92 Å². The third kappa shape index (κ3) is 2.67. The van der Waals surface area contributed by atoms with Crippen LogP contribution in [0.4, 0.5) is 5.69 Å². The first kappa shape index (κ1) is 13.8. The monoisotopic (exact) mass is 349 g/mol. The van der Waals surface area contributed by atoms with Crippen LogP contribution < -0.4 is 4.90 Å². The number of nitrogens with zero attached hydrogens (tertiary/aromatic N) is 1. The largest absolute Gasteiger partial charge is 0.363 e. The number of Topliss-reactive ketones (excluding diaryl/α,β-unsaturated/α-hetero) is 1. The Balaban J connectivity index is 1.84. The van der Waals surface area contributed by atoms with Gasteiger partial charge in [-0.2, -0.15) is 0 Å². The van der Waals surface area contributed by atoms with Crippen molar-refractivity contribution in [3.8, 4) is 0 Å². The topological polar surface area (TPSA) is 20.3 Å². The molecule has 2 aromatic rings. The molecule has 1 aliphatic rings. The number of halogens is 1. The summed E-state index contributed by atoms with van der Waals surface area (Å²) < 4.78 is 0.908. The summed E-state index contributed by atoms with van der Waals surface area (Å²) in [6.45, 7) is 3.65. The van der Waals surface area contributed by atoms with Crippen LogP contribution >= 0.6 is 27.3 Å². The van der Waals surface area contributed by atoms with Gasteiger partial charge in [0.2, 0.25) is 0 Å². The molecular formula is C16H16BrNOS. The van der Waals surface area contributed by atoms with Crippen LogP contribution in [-0.2, 0) is 6.42 Å². The second kappa shape index (κ2) is 5.70. The lowest BCUT2D eigenvalue weighted by Gasteiger charge is -2.34. The molecule has 1 unspecified atom stereocenters. The number of hydrogen-bond donors (Lipinski definition) is 0. The van der Waals surface area contributed by atoms with E-state index in [2.05, 4.69) is 46.0 Å². The standard InChI is InChI=1S/C16H16BrNOS/c1-11-8-12-4-2-3-5-14(12)18(9-11)10-15(19)16-13(17)6-7-20-16/h2-7,11H,8-10H2,1H3. The zero-order chi connectivity index (χ0) is 14.1. The molecule has 1 aromatic carbocycles. The van der Waals surface area contributed by atoms with E-state index in [1.807, 2.05) is 17.5 Å². The number of thiophene rings is 1. The lowest BCUT2D eigenvalue weighted by molar-refractivity contribution is 0.100. The summed E-state index contributed by atoms with van der Waals surface area (Å²) >= 11 is 4.95. The number of hydrogen-bond acceptors (Lipinski definition) is 3. The predicted molar refractivity (Wildman–Crippen MR) is 87.9 cm³/mol. The molecule has 2 nitrogen and oxygen atoms in total. The number of anilines is 1. The van der Waals surface area contributed by atoms with Crippen LogP contribution in [0.1, 0.15) is 22.2 Å². The number of carbonyl (C=O) groups is 1. The van der Waals surface area contributed by atoms with Crippen LogP contribution in [0.5, 0.6) is 0 Å². The van der Waals surface area contributed by atoms with Gasteiger partial charge in [0.15, 0.2) is 5.78 Å². The van der Waals surface area contributed by atoms with Crippen molar-refractivity contribution in [1.82, 2.24) is 0 Å². The molecule has 0 bridgehead atoms. The molecule has 0 N–H and O–H groups in total. The molecule has 0 aliphatic carbocycles. The fraction of sp³-hybridized carbons (Fsp3) is 0.312. The zero-order valence-electron chi connectivity index (χ0n) is 11.3. The molecule has 1 aromatic heterocycles. The van der Waals surface area contributed by atoms with Crippen LogP contribution in [0.25, 0.3) is 0 Å². The summed E-state index contributed by atoms with van der Waals surface area (Å²) in [7, 11) is 0. The number of para-hydroxylation sites is 1. The molecule has 0 saturated heterocycles. The highest BCUT2D eigenvalue weighted by atomic mass is 79.9. The van der Waals surface area contributed by atoms with Crippen LogP contribution in [0.2, 0.25) is 0 Å². The highest BCUT2D eigenvalue weighted by Gasteiger charge is 2.24. The fourth-order valence-corrected chi connectivity index (χ4v) is 4.32. The summed E-state index contributed by atoms with van der Waals surface area (Å²) in [6, 6.07) is 10.4. The molecule has 1 atom stereocenters. The van der Waals surface area contributed by atoms with Crippen LogP contribution in [0.3, 0.4) is 0 Å². The minimum atomic E-state index is 0.191. The van der Waals surface area contributed by atoms with Crippen molar-refractivity contribution in [3.05, 3.63) is 50.6 Å². The summed E-state index contributed by atoms with van der Waals surface area (Å²) in [5.74, 6) is 0.778. The van der Waals surface area contributed by atoms with Crippen LogP contribution in [0, 0.1) is 5.92 Å². The van der Waals surface area contributed by atoms with Crippen LogP contribution in [-0.4, -0.2) is 18.9 Å². The van der Waals surface area contributed by atoms with Gasteiger partial charge in [0, 0.05) is 16.7 Å². The molecule has 2 heterocycles. The van der Waals surface area contributed by atoms with E-state index >= 15 is 0 Å². The van der Waals surface area contributed by atoms with Gasteiger partial charge >= 0.3 is 0 Å². The first-order valence-corrected chi connectivity index (χ1v) is 8.41. The Morgan fingerprint density at radius 3 is 2.95 bits per heavy atom. The molecule has 1 aliphatic heterocycles. The van der Waals surface area contributed by atoms with Gasteiger partial charge in [-0.1, -0.05) is 25.1 Å². The Kier molecular flexibility index (Phi) is 3.94. The van der Waals surface area contributed by atoms with Crippen molar-refractivity contribution >= 4 is 38.7 Å². The van der Waals surface area contributed by atoms with Gasteiger partial charge in [0.05, 0.1) is 11.4 Å². The number of carbonyl (C=O) groups excluding carboxylic acids is 1. The van der Waals surface area contributed by atoms with Gasteiger partial charge in [-0.25, -0.2) is 0 Å². The molecule has 0 fully saturated rings. The summed E-state index contributed by atoms with van der Waals surface area (Å²) in [4.78, 5) is 15.5. The molecular weight excluding hydrogens is 334 g/mol. The van der Waals surface area contributed by atoms with Gasteiger partial charge in [-0.15, -0.1) is 11.3 Å². The fourth-order valence-electron chi connectivity index (χ4n) is 2.79. The smallest absolute Gasteiger partial charge is 0.193 e. The minimum absolute atomic E-state index is 0.191. The van der Waals surface area contributed by atoms with E-state index in [0.717, 1.165) is 22.3 Å². The first-order chi connectivity index (χ1) is 9.65. The van der Waals surface area contributed by atoms with E-state index in [0.29, 0.717) is 12.5 Å². The Morgan fingerprint density at radius 1 is 1.40 bits per heavy atom. The number of rotatable bonds is 3. The third-order valence-electron chi connectivity index (χ3n) is 3.64. The van der Waals surface area contributed by atoms with Gasteiger partial charge in [0.25, 0.3) is 0 Å². The quantitative estimate of drug-likeness (QED) is 0.765. The molecule has 3 rings (SSSR count). The number of benzene rings is 1. The Hall–Kier alpha value is -1.13.